The first-order valence-corrected chi connectivity index (χ1v) is 14.2. The van der Waals surface area contributed by atoms with Crippen LogP contribution in [0.3, 0.4) is 0 Å². The van der Waals surface area contributed by atoms with E-state index in [0.717, 1.165) is 11.2 Å². The Kier molecular flexibility index (Phi) is 9.74. The maximum Gasteiger partial charge on any atom is 0.474 e. The second-order valence-electron chi connectivity index (χ2n) is 8.57. The molecule has 0 aliphatic carbocycles. The van der Waals surface area contributed by atoms with Gasteiger partial charge in [-0.2, -0.15) is 43.9 Å². The molecule has 1 N–H and O–H groups in total. The first-order valence-electron chi connectivity index (χ1n) is 10.9. The summed E-state index contributed by atoms with van der Waals surface area (Å²) in [5.74, 6) is -3.62. The largest absolute Gasteiger partial charge is 0.474 e. The van der Waals surface area contributed by atoms with Crippen molar-refractivity contribution in [3.8, 4) is 0 Å². The molecule has 1 heterocycles. The summed E-state index contributed by atoms with van der Waals surface area (Å²) >= 11 is 14.5. The molecule has 19 heteroatoms. The van der Waals surface area contributed by atoms with E-state index >= 15 is 0 Å². The number of hydrogen-bond donors (Lipinski definition) is 1. The van der Waals surface area contributed by atoms with Crippen LogP contribution in [0.5, 0.6) is 0 Å². The number of carbonyl (C=O) groups excluding carboxylic acids is 2. The van der Waals surface area contributed by atoms with Crippen molar-refractivity contribution < 1.29 is 53.9 Å². The molecule has 2 unspecified atom stereocenters. The minimum atomic E-state index is -5.29. The maximum absolute atomic E-state index is 14.3. The number of nitrogens with one attached hydrogen (secondary N) is 1. The van der Waals surface area contributed by atoms with E-state index < -0.39 is 73.6 Å². The quantitative estimate of drug-likeness (QED) is 0.322. The summed E-state index contributed by atoms with van der Waals surface area (Å²) in [5, 5.41) is -1.78. The molecular formula is C23H15BrCl2F9N3O3S. The van der Waals surface area contributed by atoms with Crippen LogP contribution in [0.25, 0.3) is 5.70 Å². The molecule has 3 rings (SSSR count). The van der Waals surface area contributed by atoms with E-state index in [2.05, 4.69) is 25.8 Å². The Morgan fingerprint density at radius 3 is 2.21 bits per heavy atom. The molecule has 2 aromatic rings. The number of amides is 2. The van der Waals surface area contributed by atoms with Crippen molar-refractivity contribution in [2.24, 2.45) is 4.36 Å². The van der Waals surface area contributed by atoms with E-state index in [1.807, 2.05) is 0 Å². The summed E-state index contributed by atoms with van der Waals surface area (Å²) < 4.78 is 124. The lowest BCUT2D eigenvalue weighted by Crippen LogP contribution is -2.42. The van der Waals surface area contributed by atoms with Gasteiger partial charge in [0, 0.05) is 22.6 Å². The number of anilines is 1. The number of hydroxylamine groups is 1. The highest BCUT2D eigenvalue weighted by Crippen LogP contribution is 2.50. The van der Waals surface area contributed by atoms with Crippen LogP contribution in [0.1, 0.15) is 16.7 Å². The number of halogens is 12. The molecule has 2 amide bonds. The molecule has 0 saturated heterocycles. The summed E-state index contributed by atoms with van der Waals surface area (Å²) in [6.45, 7) is 0. The molecule has 6 nitrogen and oxygen atoms in total. The van der Waals surface area contributed by atoms with Crippen LogP contribution >= 0.6 is 39.1 Å². The van der Waals surface area contributed by atoms with Gasteiger partial charge >= 0.3 is 24.4 Å². The fourth-order valence-corrected chi connectivity index (χ4v) is 5.66. The highest BCUT2D eigenvalue weighted by molar-refractivity contribution is 9.10. The first-order chi connectivity index (χ1) is 19.1. The average molecular weight is 735 g/mol. The van der Waals surface area contributed by atoms with Gasteiger partial charge in [0.2, 0.25) is 11.5 Å². The van der Waals surface area contributed by atoms with E-state index in [1.165, 1.54) is 25.2 Å². The molecule has 42 heavy (non-hydrogen) atoms. The Hall–Kier alpha value is -2.34. The van der Waals surface area contributed by atoms with Crippen molar-refractivity contribution in [2.45, 2.75) is 24.1 Å². The molecule has 0 aromatic heterocycles. The zero-order chi connectivity index (χ0) is 32.0. The Morgan fingerprint density at radius 2 is 1.69 bits per heavy atom. The van der Waals surface area contributed by atoms with Crippen LogP contribution in [0.15, 0.2) is 45.2 Å². The molecular weight excluding hydrogens is 720 g/mol. The third-order valence-corrected chi connectivity index (χ3v) is 8.24. The fourth-order valence-electron chi connectivity index (χ4n) is 3.58. The van der Waals surface area contributed by atoms with Gasteiger partial charge in [-0.05, 0) is 52.5 Å². The molecule has 0 bridgehead atoms. The number of alkyl halides is 9. The fraction of sp³-hybridized carbons (Fsp3) is 0.304. The van der Waals surface area contributed by atoms with E-state index in [1.54, 1.807) is 0 Å². The smallest absolute Gasteiger partial charge is 0.314 e. The normalized spacial score (nSPS) is 18.5. The highest BCUT2D eigenvalue weighted by atomic mass is 79.9. The van der Waals surface area contributed by atoms with Crippen LogP contribution in [-0.4, -0.2) is 43.2 Å². The lowest BCUT2D eigenvalue weighted by Gasteiger charge is -2.29. The van der Waals surface area contributed by atoms with Crippen molar-refractivity contribution in [2.75, 3.05) is 24.0 Å². The Morgan fingerprint density at radius 1 is 1.07 bits per heavy atom. The summed E-state index contributed by atoms with van der Waals surface area (Å²) in [6.07, 6.45) is -13.9. The Balaban J connectivity index is 1.96. The number of benzene rings is 2. The van der Waals surface area contributed by atoms with Crippen LogP contribution in [0.4, 0.5) is 45.2 Å². The molecule has 0 spiro atoms. The van der Waals surface area contributed by atoms with Gasteiger partial charge in [-0.15, -0.1) is 0 Å². The zero-order valence-corrected chi connectivity index (χ0v) is 24.6. The summed E-state index contributed by atoms with van der Waals surface area (Å²) in [6, 6.07) is 4.56. The maximum atomic E-state index is 14.3. The van der Waals surface area contributed by atoms with Crippen LogP contribution in [0.2, 0.25) is 10.0 Å². The number of hydrogen-bond acceptors (Lipinski definition) is 4. The molecule has 0 saturated carbocycles. The van der Waals surface area contributed by atoms with Crippen molar-refractivity contribution in [3.05, 3.63) is 67.6 Å². The molecule has 1 aliphatic rings. The summed E-state index contributed by atoms with van der Waals surface area (Å²) in [7, 11) is -0.349. The van der Waals surface area contributed by atoms with Crippen molar-refractivity contribution in [3.63, 3.8) is 0 Å². The SMILES string of the molecule is CN(C(=O)CS(C)=NC(=O)C(F)(F)F)c1ccc(C2=CC(c3cc(Cl)c(Cl)c(C(F)(F)F)c3)(C(F)(F)F)ON2)cc1Br. The van der Waals surface area contributed by atoms with Gasteiger partial charge in [-0.25, -0.2) is 0 Å². The van der Waals surface area contributed by atoms with Gasteiger partial charge in [0.25, 0.3) is 0 Å². The van der Waals surface area contributed by atoms with Crippen molar-refractivity contribution in [1.82, 2.24) is 5.48 Å². The Bertz CT molecular complexity index is 1500. The van der Waals surface area contributed by atoms with Gasteiger partial charge < -0.3 is 4.90 Å². The second kappa shape index (κ2) is 12.0. The number of nitrogens with zero attached hydrogens (tertiary/aromatic N) is 2. The molecule has 230 valence electrons. The number of rotatable bonds is 5. The van der Waals surface area contributed by atoms with Crippen molar-refractivity contribution in [1.29, 1.82) is 0 Å². The topological polar surface area (TPSA) is 71.0 Å². The summed E-state index contributed by atoms with van der Waals surface area (Å²) in [4.78, 5) is 29.5. The van der Waals surface area contributed by atoms with Gasteiger partial charge in [-0.1, -0.05) is 40.0 Å². The van der Waals surface area contributed by atoms with E-state index in [9.17, 15) is 49.1 Å². The molecule has 0 radical (unpaired) electrons. The molecule has 2 aromatic carbocycles. The average Bonchev–Trinajstić information content (AvgIpc) is 3.31. The zero-order valence-electron chi connectivity index (χ0n) is 20.7. The summed E-state index contributed by atoms with van der Waals surface area (Å²) in [5.41, 5.74) is -4.10. The highest BCUT2D eigenvalue weighted by Gasteiger charge is 2.60. The van der Waals surface area contributed by atoms with Crippen LogP contribution in [0, 0.1) is 0 Å². The van der Waals surface area contributed by atoms with Crippen LogP contribution < -0.4 is 10.4 Å². The van der Waals surface area contributed by atoms with E-state index in [4.69, 9.17) is 28.0 Å². The van der Waals surface area contributed by atoms with Crippen LogP contribution in [-0.2, 0) is 36.9 Å². The van der Waals surface area contributed by atoms with Gasteiger partial charge in [-0.3, -0.25) is 19.9 Å². The lowest BCUT2D eigenvalue weighted by molar-refractivity contribution is -0.269. The van der Waals surface area contributed by atoms with E-state index in [-0.39, 0.29) is 27.5 Å². The monoisotopic (exact) mass is 733 g/mol. The predicted octanol–water partition coefficient (Wildman–Crippen LogP) is 7.59. The lowest BCUT2D eigenvalue weighted by atomic mass is 9.90. The van der Waals surface area contributed by atoms with Gasteiger partial charge in [0.1, 0.15) is 0 Å². The second-order valence-corrected chi connectivity index (χ2v) is 11.9. The minimum Gasteiger partial charge on any atom is -0.314 e. The number of carbonyl (C=O) groups is 2. The first kappa shape index (κ1) is 34.2. The van der Waals surface area contributed by atoms with Crippen molar-refractivity contribution >= 4 is 73.0 Å². The molecule has 1 aliphatic heterocycles. The third-order valence-electron chi connectivity index (χ3n) is 5.66. The molecule has 2 atom stereocenters. The predicted molar refractivity (Wildman–Crippen MR) is 141 cm³/mol. The minimum absolute atomic E-state index is 0.0368. The van der Waals surface area contributed by atoms with Gasteiger partial charge in [0.05, 0.1) is 32.7 Å². The Labute approximate surface area is 251 Å². The van der Waals surface area contributed by atoms with E-state index in [0.29, 0.717) is 12.1 Å². The standard InChI is InChI=1S/C23H15BrCl2F9N3O3S/c1-38(17(39)9-42(2)37-19(40)22(30,31)32)16-4-3-10(5-13(16)24)15-8-20(41-36-15,23(33,34)35)11-6-12(21(27,28)29)18(26)14(25)7-11/h3-8,36H,9H2,1-2H3. The molecule has 0 fully saturated rings. The third kappa shape index (κ3) is 7.06. The van der Waals surface area contributed by atoms with Gasteiger partial charge in [0.15, 0.2) is 0 Å².